The predicted molar refractivity (Wildman–Crippen MR) is 123 cm³/mol. The molecule has 9 atom stereocenters. The van der Waals surface area contributed by atoms with Gasteiger partial charge in [-0.2, -0.15) is 0 Å². The highest BCUT2D eigenvalue weighted by Crippen LogP contribution is 2.77. The van der Waals surface area contributed by atoms with Crippen LogP contribution in [0.15, 0.2) is 11.8 Å². The molecule has 3 heteroatoms. The van der Waals surface area contributed by atoms with Crippen molar-refractivity contribution in [1.82, 2.24) is 0 Å². The van der Waals surface area contributed by atoms with Gasteiger partial charge in [-0.25, -0.2) is 0 Å². The number of hydrogen-bond donors (Lipinski definition) is 1. The van der Waals surface area contributed by atoms with E-state index >= 15 is 0 Å². The second-order valence-corrected chi connectivity index (χ2v) is 13.1. The van der Waals surface area contributed by atoms with Crippen LogP contribution in [0.2, 0.25) is 0 Å². The number of fused-ring (bicyclic) bond motifs is 7. The molecule has 8 unspecified atom stereocenters. The summed E-state index contributed by atoms with van der Waals surface area (Å²) in [6.45, 7) is 12.6. The van der Waals surface area contributed by atoms with Crippen molar-refractivity contribution in [1.29, 1.82) is 0 Å². The monoisotopic (exact) mass is 428 g/mol. The molecule has 0 amide bonds. The lowest BCUT2D eigenvalue weighted by molar-refractivity contribution is -0.231. The molecule has 4 saturated carbocycles. The van der Waals surface area contributed by atoms with Gasteiger partial charge in [-0.1, -0.05) is 41.0 Å². The highest BCUT2D eigenvalue weighted by atomic mass is 16.5. The average Bonchev–Trinajstić information content (AvgIpc) is 3.19. The minimum atomic E-state index is -0.0200. The molecule has 0 aromatic heterocycles. The Kier molecular flexibility index (Phi) is 4.69. The number of carbonyl (C=O) groups is 1. The maximum absolute atomic E-state index is 13.1. The molecule has 1 N–H and O–H groups in total. The van der Waals surface area contributed by atoms with Crippen LogP contribution in [0.25, 0.3) is 0 Å². The first-order valence-electron chi connectivity index (χ1n) is 12.9. The first-order valence-corrected chi connectivity index (χ1v) is 12.9. The fourth-order valence-corrected chi connectivity index (χ4v) is 10.4. The van der Waals surface area contributed by atoms with Crippen molar-refractivity contribution in [2.45, 2.75) is 92.4 Å². The van der Waals surface area contributed by atoms with E-state index in [1.165, 1.54) is 51.4 Å². The lowest BCUT2D eigenvalue weighted by Crippen LogP contribution is -2.67. The number of methoxy groups -OCH3 is 1. The molecule has 0 aromatic carbocycles. The second kappa shape index (κ2) is 6.61. The van der Waals surface area contributed by atoms with Crippen LogP contribution in [-0.4, -0.2) is 24.6 Å². The Balaban J connectivity index is 1.60. The van der Waals surface area contributed by atoms with Crippen LogP contribution in [0.3, 0.4) is 0 Å². The Morgan fingerprint density at radius 3 is 2.29 bits per heavy atom. The van der Waals surface area contributed by atoms with Gasteiger partial charge in [0, 0.05) is 12.5 Å². The van der Waals surface area contributed by atoms with Gasteiger partial charge in [-0.05, 0) is 102 Å². The van der Waals surface area contributed by atoms with E-state index in [-0.39, 0.29) is 33.4 Å². The molecule has 0 heterocycles. The molecule has 0 aromatic rings. The van der Waals surface area contributed by atoms with Gasteiger partial charge in [-0.3, -0.25) is 4.79 Å². The van der Waals surface area contributed by atoms with Crippen LogP contribution in [0.1, 0.15) is 92.4 Å². The molecule has 31 heavy (non-hydrogen) atoms. The summed E-state index contributed by atoms with van der Waals surface area (Å²) < 4.78 is 5.65. The van der Waals surface area contributed by atoms with Crippen LogP contribution in [0, 0.1) is 50.7 Å². The molecule has 0 bridgehead atoms. The molecular weight excluding hydrogens is 384 g/mol. The van der Waals surface area contributed by atoms with Gasteiger partial charge in [-0.15, -0.1) is 0 Å². The molecule has 5 aliphatic carbocycles. The summed E-state index contributed by atoms with van der Waals surface area (Å²) in [7, 11) is 1.67. The van der Waals surface area contributed by atoms with E-state index in [0.717, 1.165) is 12.3 Å². The molecule has 0 aliphatic heterocycles. The Labute approximate surface area is 189 Å². The highest BCUT2D eigenvalue weighted by Gasteiger charge is 2.71. The zero-order valence-electron chi connectivity index (χ0n) is 20.7. The first kappa shape index (κ1) is 22.0. The van der Waals surface area contributed by atoms with Crippen molar-refractivity contribution in [3.63, 3.8) is 0 Å². The maximum Gasteiger partial charge on any atom is 0.200 e. The van der Waals surface area contributed by atoms with Gasteiger partial charge in [0.05, 0.1) is 7.11 Å². The molecule has 4 fully saturated rings. The minimum Gasteiger partial charge on any atom is -0.493 e. The van der Waals surface area contributed by atoms with Crippen molar-refractivity contribution in [2.24, 2.45) is 50.7 Å². The number of ketones is 1. The fourth-order valence-electron chi connectivity index (χ4n) is 10.4. The van der Waals surface area contributed by atoms with Crippen molar-refractivity contribution in [2.75, 3.05) is 13.7 Å². The summed E-state index contributed by atoms with van der Waals surface area (Å²) in [5.41, 5.74) is 0.767. The quantitative estimate of drug-likeness (QED) is 0.573. The molecule has 5 aliphatic rings. The van der Waals surface area contributed by atoms with Gasteiger partial charge in [0.2, 0.25) is 0 Å². The van der Waals surface area contributed by atoms with Crippen molar-refractivity contribution < 1.29 is 14.6 Å². The lowest BCUT2D eigenvalue weighted by Gasteiger charge is -2.72. The standard InChI is InChI=1S/C28H44O3/c1-18-23(30)21(31-6)16-27(5)22-10-9-19-20-8-7-11-28(20,17-29)15-14-25(19,3)26(22,4)13-12-24(18,27)2/h16,18-20,22,29H,7-15,17H2,1-6H3/t18?,19?,20?,22?,24?,25-,26?,27?,28?/m1/s1. The van der Waals surface area contributed by atoms with E-state index in [0.29, 0.717) is 29.6 Å². The molecule has 0 radical (unpaired) electrons. The number of hydrogen-bond acceptors (Lipinski definition) is 3. The van der Waals surface area contributed by atoms with Gasteiger partial charge in [0.25, 0.3) is 0 Å². The Bertz CT molecular complexity index is 817. The largest absolute Gasteiger partial charge is 0.493 e. The number of ether oxygens (including phenoxy) is 1. The molecule has 0 spiro atoms. The number of aliphatic hydroxyl groups excluding tert-OH is 1. The number of carbonyl (C=O) groups excluding carboxylic acids is 1. The lowest BCUT2D eigenvalue weighted by atomic mass is 9.31. The molecule has 5 rings (SSSR count). The van der Waals surface area contributed by atoms with E-state index in [9.17, 15) is 9.90 Å². The number of allylic oxidation sites excluding steroid dienone is 2. The summed E-state index contributed by atoms with van der Waals surface area (Å²) in [5.74, 6) is 2.82. The summed E-state index contributed by atoms with van der Waals surface area (Å²) in [4.78, 5) is 13.1. The van der Waals surface area contributed by atoms with Crippen LogP contribution in [0.4, 0.5) is 0 Å². The SMILES string of the molecule is COC1=CC2(C)C3CCC4C5CCCC5(CO)CC[C@@]4(C)C3(C)CCC2(C)C(C)C1=O. The minimum absolute atomic E-state index is 0.00360. The van der Waals surface area contributed by atoms with Crippen molar-refractivity contribution in [3.05, 3.63) is 11.8 Å². The average molecular weight is 429 g/mol. The second-order valence-electron chi connectivity index (χ2n) is 13.1. The van der Waals surface area contributed by atoms with E-state index in [1.807, 2.05) is 0 Å². The summed E-state index contributed by atoms with van der Waals surface area (Å²) in [5, 5.41) is 10.4. The molecule has 3 nitrogen and oxygen atoms in total. The summed E-state index contributed by atoms with van der Waals surface area (Å²) in [6, 6.07) is 0. The number of rotatable bonds is 2. The zero-order valence-corrected chi connectivity index (χ0v) is 20.7. The van der Waals surface area contributed by atoms with Crippen molar-refractivity contribution in [3.8, 4) is 0 Å². The summed E-state index contributed by atoms with van der Waals surface area (Å²) in [6.07, 6.45) is 13.4. The Morgan fingerprint density at radius 2 is 1.61 bits per heavy atom. The van der Waals surface area contributed by atoms with E-state index in [2.05, 4.69) is 40.7 Å². The third-order valence-electron chi connectivity index (χ3n) is 12.9. The van der Waals surface area contributed by atoms with Crippen LogP contribution in [-0.2, 0) is 9.53 Å². The molecular formula is C28H44O3. The van der Waals surface area contributed by atoms with E-state index in [1.54, 1.807) is 7.11 Å². The summed E-state index contributed by atoms with van der Waals surface area (Å²) >= 11 is 0. The predicted octanol–water partition coefficient (Wildman–Crippen LogP) is 6.15. The molecule has 174 valence electrons. The molecule has 0 saturated heterocycles. The zero-order chi connectivity index (χ0) is 22.4. The number of Topliss-reactive ketones (excluding diaryl/α,β-unsaturated/α-hetero) is 1. The van der Waals surface area contributed by atoms with E-state index < -0.39 is 0 Å². The maximum atomic E-state index is 13.1. The van der Waals surface area contributed by atoms with Gasteiger partial charge in [0.15, 0.2) is 11.5 Å². The topological polar surface area (TPSA) is 46.5 Å². The van der Waals surface area contributed by atoms with Crippen LogP contribution >= 0.6 is 0 Å². The number of aliphatic hydroxyl groups is 1. The van der Waals surface area contributed by atoms with Crippen LogP contribution < -0.4 is 0 Å². The first-order chi connectivity index (χ1) is 14.5. The van der Waals surface area contributed by atoms with Crippen LogP contribution in [0.5, 0.6) is 0 Å². The Hall–Kier alpha value is -0.830. The third-order valence-corrected chi connectivity index (χ3v) is 12.9. The smallest absolute Gasteiger partial charge is 0.200 e. The highest BCUT2D eigenvalue weighted by molar-refractivity contribution is 5.97. The van der Waals surface area contributed by atoms with E-state index in [4.69, 9.17) is 4.74 Å². The Morgan fingerprint density at radius 1 is 0.935 bits per heavy atom. The fraction of sp³-hybridized carbons (Fsp3) is 0.893. The third kappa shape index (κ3) is 2.38. The van der Waals surface area contributed by atoms with Gasteiger partial charge < -0.3 is 9.84 Å². The normalized spacial score (nSPS) is 56.1. The van der Waals surface area contributed by atoms with Gasteiger partial charge >= 0.3 is 0 Å². The van der Waals surface area contributed by atoms with Gasteiger partial charge in [0.1, 0.15) is 0 Å². The van der Waals surface area contributed by atoms with Crippen molar-refractivity contribution >= 4 is 5.78 Å².